The topological polar surface area (TPSA) is 128 Å². The van der Waals surface area contributed by atoms with E-state index in [9.17, 15) is 19.8 Å². The fourth-order valence-electron chi connectivity index (χ4n) is 3.51. The van der Waals surface area contributed by atoms with Gasteiger partial charge in [0.15, 0.2) is 5.69 Å². The molecule has 0 fully saturated rings. The van der Waals surface area contributed by atoms with Gasteiger partial charge in [0.25, 0.3) is 5.91 Å². The van der Waals surface area contributed by atoms with E-state index < -0.39 is 29.9 Å². The highest BCUT2D eigenvalue weighted by Crippen LogP contribution is 2.27. The number of aliphatic hydroxyl groups is 1. The molecule has 1 amide bonds. The Labute approximate surface area is 180 Å². The zero-order valence-corrected chi connectivity index (χ0v) is 17.5. The minimum Gasteiger partial charge on any atom is -0.481 e. The number of nitrogens with one attached hydrogen (secondary N) is 2. The summed E-state index contributed by atoms with van der Waals surface area (Å²) in [5.41, 5.74) is 3.06. The Hall–Kier alpha value is -3.52. The van der Waals surface area contributed by atoms with Gasteiger partial charge in [-0.3, -0.25) is 14.7 Å². The highest BCUT2D eigenvalue weighted by atomic mass is 16.4. The van der Waals surface area contributed by atoms with Crippen molar-refractivity contribution < 1.29 is 19.8 Å². The number of amides is 1. The van der Waals surface area contributed by atoms with E-state index in [0.717, 1.165) is 16.7 Å². The molecule has 1 heterocycles. The second-order valence-corrected chi connectivity index (χ2v) is 7.97. The quantitative estimate of drug-likeness (QED) is 0.420. The Morgan fingerprint density at radius 3 is 2.45 bits per heavy atom. The first-order chi connectivity index (χ1) is 14.8. The van der Waals surface area contributed by atoms with E-state index in [4.69, 9.17) is 0 Å². The molecule has 1 aromatic heterocycles. The number of carbonyl (C=O) groups excluding carboxylic acids is 1. The summed E-state index contributed by atoms with van der Waals surface area (Å²) < 4.78 is 0. The van der Waals surface area contributed by atoms with Crippen LogP contribution in [0.2, 0.25) is 0 Å². The third-order valence-corrected chi connectivity index (χ3v) is 5.44. The van der Waals surface area contributed by atoms with Crippen molar-refractivity contribution in [2.24, 2.45) is 5.41 Å². The SMILES string of the molecule is Cc1ccccc1-c1ccc(C[C@H](CC(C)(CO)C(=O)O)NC(=O)c2c[nH]nn2)cc1. The summed E-state index contributed by atoms with van der Waals surface area (Å²) in [5.74, 6) is -1.58. The average molecular weight is 422 g/mol. The number of aliphatic hydroxyl groups excluding tert-OH is 1. The van der Waals surface area contributed by atoms with Crippen molar-refractivity contribution in [1.82, 2.24) is 20.7 Å². The minimum atomic E-state index is -1.39. The molecule has 8 heteroatoms. The van der Waals surface area contributed by atoms with E-state index in [1.165, 1.54) is 18.7 Å². The summed E-state index contributed by atoms with van der Waals surface area (Å²) in [6.45, 7) is 2.98. The maximum Gasteiger partial charge on any atom is 0.311 e. The van der Waals surface area contributed by atoms with Gasteiger partial charge in [-0.15, -0.1) is 5.10 Å². The summed E-state index contributed by atoms with van der Waals surface area (Å²) in [6.07, 6.45) is 1.83. The molecule has 1 unspecified atom stereocenters. The summed E-state index contributed by atoms with van der Waals surface area (Å²) in [7, 11) is 0. The summed E-state index contributed by atoms with van der Waals surface area (Å²) in [5, 5.41) is 31.8. The maximum absolute atomic E-state index is 12.5. The second-order valence-electron chi connectivity index (χ2n) is 7.97. The average Bonchev–Trinajstić information content (AvgIpc) is 3.29. The van der Waals surface area contributed by atoms with Gasteiger partial charge in [-0.25, -0.2) is 0 Å². The van der Waals surface area contributed by atoms with E-state index in [2.05, 4.69) is 39.8 Å². The van der Waals surface area contributed by atoms with Crippen molar-refractivity contribution in [3.63, 3.8) is 0 Å². The molecule has 0 saturated heterocycles. The number of aromatic amines is 1. The summed E-state index contributed by atoms with van der Waals surface area (Å²) in [6, 6.07) is 15.5. The van der Waals surface area contributed by atoms with Gasteiger partial charge < -0.3 is 15.5 Å². The lowest BCUT2D eigenvalue weighted by Gasteiger charge is -2.28. The number of aliphatic carboxylic acids is 1. The molecule has 8 nitrogen and oxygen atoms in total. The standard InChI is InChI=1S/C23H26N4O4/c1-15-5-3-4-6-19(15)17-9-7-16(8-10-17)11-18(12-23(2,14-28)22(30)31)25-21(29)20-13-24-27-26-20/h3-10,13,18,28H,11-12,14H2,1-2H3,(H,25,29)(H,30,31)(H,24,26,27)/t18-,23?/m1/s1. The molecule has 0 aliphatic rings. The molecule has 0 radical (unpaired) electrons. The highest BCUT2D eigenvalue weighted by molar-refractivity contribution is 5.92. The van der Waals surface area contributed by atoms with Crippen molar-refractivity contribution in [3.8, 4) is 11.1 Å². The van der Waals surface area contributed by atoms with Crippen molar-refractivity contribution in [2.75, 3.05) is 6.61 Å². The van der Waals surface area contributed by atoms with Crippen LogP contribution in [0.1, 0.15) is 35.0 Å². The van der Waals surface area contributed by atoms with Crippen molar-refractivity contribution in [1.29, 1.82) is 0 Å². The van der Waals surface area contributed by atoms with Crippen LogP contribution in [0.4, 0.5) is 0 Å². The van der Waals surface area contributed by atoms with Crippen LogP contribution in [-0.4, -0.2) is 50.1 Å². The number of carboxylic acids is 1. The largest absolute Gasteiger partial charge is 0.481 e. The number of rotatable bonds is 9. The molecule has 2 aromatic carbocycles. The Morgan fingerprint density at radius 1 is 1.16 bits per heavy atom. The Kier molecular flexibility index (Phi) is 6.81. The number of aryl methyl sites for hydroxylation is 1. The molecule has 0 bridgehead atoms. The van der Waals surface area contributed by atoms with Crippen LogP contribution in [0.15, 0.2) is 54.7 Å². The van der Waals surface area contributed by atoms with Crippen LogP contribution < -0.4 is 5.32 Å². The summed E-state index contributed by atoms with van der Waals surface area (Å²) >= 11 is 0. The van der Waals surface area contributed by atoms with E-state index in [1.54, 1.807) is 0 Å². The van der Waals surface area contributed by atoms with Crippen molar-refractivity contribution in [3.05, 3.63) is 71.5 Å². The number of H-pyrrole nitrogens is 1. The lowest BCUT2D eigenvalue weighted by atomic mass is 9.82. The molecular weight excluding hydrogens is 396 g/mol. The zero-order valence-electron chi connectivity index (χ0n) is 17.5. The van der Waals surface area contributed by atoms with Crippen LogP contribution >= 0.6 is 0 Å². The predicted octanol–water partition coefficient (Wildman–Crippen LogP) is 2.59. The van der Waals surface area contributed by atoms with Crippen molar-refractivity contribution in [2.45, 2.75) is 32.7 Å². The third kappa shape index (κ3) is 5.35. The summed E-state index contributed by atoms with van der Waals surface area (Å²) in [4.78, 5) is 24.2. The molecule has 31 heavy (non-hydrogen) atoms. The van der Waals surface area contributed by atoms with Gasteiger partial charge in [-0.1, -0.05) is 53.7 Å². The van der Waals surface area contributed by atoms with E-state index in [-0.39, 0.29) is 12.1 Å². The van der Waals surface area contributed by atoms with Crippen LogP contribution in [0.25, 0.3) is 11.1 Å². The number of carbonyl (C=O) groups is 2. The lowest BCUT2D eigenvalue weighted by Crippen LogP contribution is -2.44. The van der Waals surface area contributed by atoms with Crippen LogP contribution in [-0.2, 0) is 11.2 Å². The van der Waals surface area contributed by atoms with Gasteiger partial charge in [0.1, 0.15) is 0 Å². The minimum absolute atomic E-state index is 0.0575. The van der Waals surface area contributed by atoms with E-state index >= 15 is 0 Å². The molecular formula is C23H26N4O4. The number of hydrogen-bond donors (Lipinski definition) is 4. The molecule has 3 aromatic rings. The van der Waals surface area contributed by atoms with Crippen molar-refractivity contribution >= 4 is 11.9 Å². The van der Waals surface area contributed by atoms with Crippen LogP contribution in [0.5, 0.6) is 0 Å². The Morgan fingerprint density at radius 2 is 1.87 bits per heavy atom. The van der Waals surface area contributed by atoms with E-state index in [0.29, 0.717) is 6.42 Å². The zero-order chi connectivity index (χ0) is 22.4. The van der Waals surface area contributed by atoms with Gasteiger partial charge >= 0.3 is 5.97 Å². The van der Waals surface area contributed by atoms with Gasteiger partial charge in [0.05, 0.1) is 18.2 Å². The first-order valence-corrected chi connectivity index (χ1v) is 9.99. The van der Waals surface area contributed by atoms with E-state index in [1.807, 2.05) is 36.4 Å². The van der Waals surface area contributed by atoms with Gasteiger partial charge in [0, 0.05) is 6.04 Å². The molecule has 0 spiro atoms. The normalized spacial score (nSPS) is 13.9. The molecule has 4 N–H and O–H groups in total. The molecule has 3 rings (SSSR count). The van der Waals surface area contributed by atoms with Gasteiger partial charge in [-0.2, -0.15) is 0 Å². The first-order valence-electron chi connectivity index (χ1n) is 9.99. The fourth-order valence-corrected chi connectivity index (χ4v) is 3.51. The second kappa shape index (κ2) is 9.53. The highest BCUT2D eigenvalue weighted by Gasteiger charge is 2.36. The molecule has 0 aliphatic carbocycles. The number of hydrogen-bond acceptors (Lipinski definition) is 5. The fraction of sp³-hybridized carbons (Fsp3) is 0.304. The monoisotopic (exact) mass is 422 g/mol. The van der Waals surface area contributed by atoms with Crippen LogP contribution in [0.3, 0.4) is 0 Å². The predicted molar refractivity (Wildman–Crippen MR) is 115 cm³/mol. The molecule has 2 atom stereocenters. The van der Waals surface area contributed by atoms with Gasteiger partial charge in [-0.05, 0) is 48.9 Å². The number of benzene rings is 2. The molecule has 0 aliphatic heterocycles. The first kappa shape index (κ1) is 22.2. The van der Waals surface area contributed by atoms with Crippen LogP contribution in [0, 0.1) is 12.3 Å². The maximum atomic E-state index is 12.5. The third-order valence-electron chi connectivity index (χ3n) is 5.44. The number of carboxylic acid groups (broad SMARTS) is 1. The lowest BCUT2D eigenvalue weighted by molar-refractivity contribution is -0.151. The smallest absolute Gasteiger partial charge is 0.311 e. The number of aromatic nitrogens is 3. The Bertz CT molecular complexity index is 1030. The number of nitrogens with zero attached hydrogens (tertiary/aromatic N) is 2. The Balaban J connectivity index is 1.81. The molecule has 162 valence electrons. The molecule has 0 saturated carbocycles. The van der Waals surface area contributed by atoms with Gasteiger partial charge in [0.2, 0.25) is 0 Å².